The van der Waals surface area contributed by atoms with Crippen molar-refractivity contribution in [2.45, 2.75) is 44.8 Å². The van der Waals surface area contributed by atoms with Crippen molar-refractivity contribution in [1.29, 1.82) is 5.26 Å². The number of aromatic nitrogens is 4. The Kier molecular flexibility index (Phi) is 3.31. The van der Waals surface area contributed by atoms with Gasteiger partial charge in [0.2, 0.25) is 0 Å². The zero-order valence-electron chi connectivity index (χ0n) is 13.0. The van der Waals surface area contributed by atoms with Gasteiger partial charge in [-0.3, -0.25) is 0 Å². The predicted octanol–water partition coefficient (Wildman–Crippen LogP) is 3.22. The lowest BCUT2D eigenvalue weighted by atomic mass is 10.0. The molecule has 0 amide bonds. The van der Waals surface area contributed by atoms with Crippen LogP contribution in [0.25, 0.3) is 22.1 Å². The van der Waals surface area contributed by atoms with E-state index in [0.717, 1.165) is 41.3 Å². The van der Waals surface area contributed by atoms with Crippen molar-refractivity contribution in [1.82, 2.24) is 19.5 Å². The average molecular weight is 309 g/mol. The number of nitrogens with one attached hydrogen (secondary N) is 1. The van der Waals surface area contributed by atoms with E-state index in [4.69, 9.17) is 5.26 Å². The van der Waals surface area contributed by atoms with Gasteiger partial charge < -0.3 is 14.7 Å². The molecule has 118 valence electrons. The van der Waals surface area contributed by atoms with Gasteiger partial charge in [0.25, 0.3) is 0 Å². The highest BCUT2D eigenvalue weighted by Crippen LogP contribution is 2.40. The van der Waals surface area contributed by atoms with Crippen molar-refractivity contribution in [3.63, 3.8) is 0 Å². The first-order valence-electron chi connectivity index (χ1n) is 8.08. The Morgan fingerprint density at radius 3 is 3.17 bits per heavy atom. The van der Waals surface area contributed by atoms with Crippen LogP contribution in [0, 0.1) is 17.2 Å². The third-order valence-electron chi connectivity index (χ3n) is 4.89. The highest BCUT2D eigenvalue weighted by atomic mass is 16.3. The summed E-state index contributed by atoms with van der Waals surface area (Å²) in [5.74, 6) is 1.13. The topological polar surface area (TPSA) is 90.5 Å². The molecular weight excluding hydrogens is 290 g/mol. The van der Waals surface area contributed by atoms with Crippen molar-refractivity contribution in [3.05, 3.63) is 24.3 Å². The molecule has 0 radical (unpaired) electrons. The number of H-pyrrole nitrogens is 1. The van der Waals surface area contributed by atoms with Crippen LogP contribution in [0.1, 0.15) is 50.6 Å². The maximum atomic E-state index is 10.2. The van der Waals surface area contributed by atoms with Crippen LogP contribution in [0.15, 0.2) is 18.5 Å². The number of aliphatic hydroxyl groups is 1. The molecule has 1 fully saturated rings. The zero-order chi connectivity index (χ0) is 16.0. The lowest BCUT2D eigenvalue weighted by Gasteiger charge is -2.18. The summed E-state index contributed by atoms with van der Waals surface area (Å²) >= 11 is 0. The molecule has 2 N–H and O–H groups in total. The summed E-state index contributed by atoms with van der Waals surface area (Å²) < 4.78 is 2.19. The molecular formula is C17H19N5O. The first kappa shape index (κ1) is 14.2. The summed E-state index contributed by atoms with van der Waals surface area (Å²) in [4.78, 5) is 12.2. The maximum Gasteiger partial charge on any atom is 0.139 e. The lowest BCUT2D eigenvalue weighted by molar-refractivity contribution is 0.181. The molecule has 0 aliphatic heterocycles. The predicted molar refractivity (Wildman–Crippen MR) is 86.6 cm³/mol. The van der Waals surface area contributed by atoms with E-state index >= 15 is 0 Å². The maximum absolute atomic E-state index is 10.2. The third kappa shape index (κ3) is 2.20. The first-order chi connectivity index (χ1) is 11.2. The summed E-state index contributed by atoms with van der Waals surface area (Å²) in [5, 5.41) is 20.2. The summed E-state index contributed by atoms with van der Waals surface area (Å²) in [6.45, 7) is 1.75. The van der Waals surface area contributed by atoms with E-state index < -0.39 is 6.10 Å². The number of nitrogens with zero attached hydrogens (tertiary/aromatic N) is 4. The molecule has 6 heteroatoms. The summed E-state index contributed by atoms with van der Waals surface area (Å²) in [7, 11) is 0. The van der Waals surface area contributed by atoms with Crippen LogP contribution in [0.4, 0.5) is 0 Å². The van der Waals surface area contributed by atoms with Crippen LogP contribution in [0.5, 0.6) is 0 Å². The fourth-order valence-corrected chi connectivity index (χ4v) is 3.87. The quantitative estimate of drug-likeness (QED) is 0.777. The molecule has 1 saturated carbocycles. The van der Waals surface area contributed by atoms with Gasteiger partial charge in [-0.1, -0.05) is 0 Å². The average Bonchev–Trinajstić information content (AvgIpc) is 3.23. The zero-order valence-corrected chi connectivity index (χ0v) is 13.0. The second-order valence-corrected chi connectivity index (χ2v) is 6.44. The van der Waals surface area contributed by atoms with E-state index in [0.29, 0.717) is 18.2 Å². The van der Waals surface area contributed by atoms with Crippen LogP contribution in [-0.4, -0.2) is 24.6 Å². The number of rotatable bonds is 3. The highest BCUT2D eigenvalue weighted by Gasteiger charge is 2.30. The molecule has 3 atom stereocenters. The molecule has 23 heavy (non-hydrogen) atoms. The van der Waals surface area contributed by atoms with E-state index in [1.54, 1.807) is 13.1 Å². The molecule has 1 aliphatic rings. The summed E-state index contributed by atoms with van der Waals surface area (Å²) in [5.41, 5.74) is 2.69. The smallest absolute Gasteiger partial charge is 0.139 e. The van der Waals surface area contributed by atoms with Gasteiger partial charge in [0.15, 0.2) is 0 Å². The molecule has 0 spiro atoms. The standard InChI is InChI=1S/C17H19N5O/c1-10(23)17-21-14-9-20-16-13(5-7-19-16)15(14)22(17)12-3-2-11(8-12)4-6-18/h5,7,9-12,23H,2-4,8H2,1H3,(H,19,20). The molecule has 6 nitrogen and oxygen atoms in total. The fraction of sp³-hybridized carbons (Fsp3) is 0.471. The van der Waals surface area contributed by atoms with Crippen LogP contribution < -0.4 is 0 Å². The third-order valence-corrected chi connectivity index (χ3v) is 4.89. The molecule has 4 rings (SSSR count). The van der Waals surface area contributed by atoms with Crippen molar-refractivity contribution >= 4 is 22.1 Å². The monoisotopic (exact) mass is 309 g/mol. The Bertz CT molecular complexity index is 901. The molecule has 0 aromatic carbocycles. The molecule has 1 aliphatic carbocycles. The summed E-state index contributed by atoms with van der Waals surface area (Å²) in [6, 6.07) is 4.58. The number of imidazole rings is 1. The number of nitriles is 1. The van der Waals surface area contributed by atoms with E-state index in [1.807, 2.05) is 12.3 Å². The Hall–Kier alpha value is -2.39. The van der Waals surface area contributed by atoms with E-state index in [-0.39, 0.29) is 6.04 Å². The van der Waals surface area contributed by atoms with E-state index in [2.05, 4.69) is 25.6 Å². The van der Waals surface area contributed by atoms with Crippen molar-refractivity contribution < 1.29 is 5.11 Å². The van der Waals surface area contributed by atoms with Gasteiger partial charge in [-0.25, -0.2) is 9.97 Å². The van der Waals surface area contributed by atoms with Gasteiger partial charge in [-0.05, 0) is 38.2 Å². The number of aromatic amines is 1. The van der Waals surface area contributed by atoms with Gasteiger partial charge in [-0.15, -0.1) is 0 Å². The number of pyridine rings is 1. The van der Waals surface area contributed by atoms with Crippen molar-refractivity contribution in [3.8, 4) is 6.07 Å². The molecule has 3 heterocycles. The first-order valence-corrected chi connectivity index (χ1v) is 8.08. The van der Waals surface area contributed by atoms with Crippen LogP contribution in [-0.2, 0) is 0 Å². The normalized spacial score (nSPS) is 22.7. The molecule has 0 saturated heterocycles. The Morgan fingerprint density at radius 2 is 2.39 bits per heavy atom. The van der Waals surface area contributed by atoms with Crippen LogP contribution in [0.3, 0.4) is 0 Å². The largest absolute Gasteiger partial charge is 0.385 e. The minimum absolute atomic E-state index is 0.281. The number of hydrogen-bond acceptors (Lipinski definition) is 4. The van der Waals surface area contributed by atoms with Crippen LogP contribution in [0.2, 0.25) is 0 Å². The lowest BCUT2D eigenvalue weighted by Crippen LogP contribution is -2.12. The number of hydrogen-bond donors (Lipinski definition) is 2. The van der Waals surface area contributed by atoms with Gasteiger partial charge >= 0.3 is 0 Å². The number of aliphatic hydroxyl groups excluding tert-OH is 1. The molecule has 3 aromatic rings. The highest BCUT2D eigenvalue weighted by molar-refractivity contribution is 6.01. The Balaban J connectivity index is 1.91. The van der Waals surface area contributed by atoms with E-state index in [1.165, 1.54) is 0 Å². The minimum Gasteiger partial charge on any atom is -0.385 e. The Morgan fingerprint density at radius 1 is 1.52 bits per heavy atom. The number of fused-ring (bicyclic) bond motifs is 3. The Labute approximate surface area is 133 Å². The molecule has 0 bridgehead atoms. The molecule has 3 unspecified atom stereocenters. The van der Waals surface area contributed by atoms with Gasteiger partial charge in [-0.2, -0.15) is 5.26 Å². The van der Waals surface area contributed by atoms with Gasteiger partial charge in [0.1, 0.15) is 23.1 Å². The minimum atomic E-state index is -0.633. The van der Waals surface area contributed by atoms with Gasteiger partial charge in [0, 0.05) is 24.0 Å². The molecule has 3 aromatic heterocycles. The summed E-state index contributed by atoms with van der Waals surface area (Å²) in [6.07, 6.45) is 6.65. The second kappa shape index (κ2) is 5.36. The van der Waals surface area contributed by atoms with Crippen molar-refractivity contribution in [2.24, 2.45) is 5.92 Å². The SMILES string of the molecule is CC(O)c1nc2cnc3[nH]ccc3c2n1C1CCC(CC#N)C1. The fourth-order valence-electron chi connectivity index (χ4n) is 3.87. The van der Waals surface area contributed by atoms with E-state index in [9.17, 15) is 5.11 Å². The van der Waals surface area contributed by atoms with Crippen LogP contribution >= 0.6 is 0 Å². The van der Waals surface area contributed by atoms with Crippen molar-refractivity contribution in [2.75, 3.05) is 0 Å². The second-order valence-electron chi connectivity index (χ2n) is 6.44. The van der Waals surface area contributed by atoms with Gasteiger partial charge in [0.05, 0.1) is 17.8 Å².